The van der Waals surface area contributed by atoms with E-state index in [-0.39, 0.29) is 32.4 Å². The second kappa shape index (κ2) is 11.7. The van der Waals surface area contributed by atoms with Gasteiger partial charge in [0.1, 0.15) is 11.5 Å². The van der Waals surface area contributed by atoms with Crippen LogP contribution in [0.25, 0.3) is 0 Å². The van der Waals surface area contributed by atoms with Gasteiger partial charge in [0.05, 0.1) is 30.5 Å². The van der Waals surface area contributed by atoms with Crippen LogP contribution in [0.3, 0.4) is 0 Å². The zero-order valence-corrected chi connectivity index (χ0v) is 19.6. The summed E-state index contributed by atoms with van der Waals surface area (Å²) in [6.45, 7) is 2.02. The van der Waals surface area contributed by atoms with Gasteiger partial charge in [-0.25, -0.2) is 0 Å². The molecule has 0 saturated heterocycles. The molecule has 31 heavy (non-hydrogen) atoms. The average Bonchev–Trinajstić information content (AvgIpc) is 2.72. The Morgan fingerprint density at radius 2 is 1.81 bits per heavy atom. The minimum absolute atomic E-state index is 0.0462. The van der Waals surface area contributed by atoms with Gasteiger partial charge in [-0.15, -0.1) is 0 Å². The first-order valence-corrected chi connectivity index (χ1v) is 10.6. The summed E-state index contributed by atoms with van der Waals surface area (Å²) in [5.41, 5.74) is 1.25. The predicted octanol–water partition coefficient (Wildman–Crippen LogP) is 5.27. The Morgan fingerprint density at radius 3 is 2.45 bits per heavy atom. The van der Waals surface area contributed by atoms with Crippen LogP contribution < -0.4 is 25.4 Å². The topological polar surface area (TPSA) is 88.7 Å². The maximum atomic E-state index is 12.6. The number of carbonyl (C=O) groups is 2. The summed E-state index contributed by atoms with van der Waals surface area (Å²) in [6.07, 6.45) is 2.18. The molecule has 0 fully saturated rings. The molecule has 0 bridgehead atoms. The van der Waals surface area contributed by atoms with E-state index in [2.05, 4.69) is 16.0 Å². The van der Waals surface area contributed by atoms with Crippen molar-refractivity contribution in [1.82, 2.24) is 5.32 Å². The number of ether oxygens (including phenoxy) is 2. The summed E-state index contributed by atoms with van der Waals surface area (Å²) in [7, 11) is 2.90. The Hall–Kier alpha value is -2.55. The number of halogens is 2. The Balaban J connectivity index is 2.09. The number of rotatable bonds is 8. The molecule has 2 amide bonds. The minimum atomic E-state index is -0.537. The molecule has 0 aliphatic rings. The van der Waals surface area contributed by atoms with E-state index >= 15 is 0 Å². The average molecular weight is 484 g/mol. The van der Waals surface area contributed by atoms with E-state index in [1.54, 1.807) is 18.2 Å². The summed E-state index contributed by atoms with van der Waals surface area (Å²) < 4.78 is 10.5. The van der Waals surface area contributed by atoms with Gasteiger partial charge in [-0.05, 0) is 42.9 Å². The third-order valence-electron chi connectivity index (χ3n) is 4.18. The molecule has 166 valence electrons. The fraction of sp³-hybridized carbons (Fsp3) is 0.286. The first kappa shape index (κ1) is 24.7. The summed E-state index contributed by atoms with van der Waals surface area (Å²) in [5.74, 6) is 0.0202. The van der Waals surface area contributed by atoms with E-state index in [1.807, 2.05) is 6.92 Å². The van der Waals surface area contributed by atoms with E-state index in [1.165, 1.54) is 26.4 Å². The van der Waals surface area contributed by atoms with Crippen molar-refractivity contribution in [2.24, 2.45) is 0 Å². The minimum Gasteiger partial charge on any atom is -0.494 e. The molecule has 0 heterocycles. The normalized spacial score (nSPS) is 10.2. The summed E-state index contributed by atoms with van der Waals surface area (Å²) in [5, 5.41) is 8.82. The number of unbranched alkanes of at least 4 members (excludes halogenated alkanes) is 1. The highest BCUT2D eigenvalue weighted by atomic mass is 35.5. The highest BCUT2D eigenvalue weighted by molar-refractivity contribution is 7.80. The standard InChI is InChI=1S/C21H23Cl2N3O4S/c1-4-5-6-18(27)25-16-8-7-13(11-17(16)29-2)24-21(31)26-20(28)14-9-12(22)10-15(23)19(14)30-3/h7-11H,4-6H2,1-3H3,(H,25,27)(H2,24,26,28,31). The van der Waals surface area contributed by atoms with Crippen LogP contribution >= 0.6 is 35.4 Å². The number of anilines is 2. The Labute approximate surface area is 196 Å². The third-order valence-corrected chi connectivity index (χ3v) is 4.88. The molecule has 0 spiro atoms. The number of methoxy groups -OCH3 is 2. The number of carbonyl (C=O) groups excluding carboxylic acids is 2. The molecular formula is C21H23Cl2N3O4S. The highest BCUT2D eigenvalue weighted by Crippen LogP contribution is 2.32. The molecular weight excluding hydrogens is 461 g/mol. The molecule has 2 aromatic rings. The van der Waals surface area contributed by atoms with Gasteiger partial charge in [0, 0.05) is 23.2 Å². The van der Waals surface area contributed by atoms with Gasteiger partial charge in [-0.2, -0.15) is 0 Å². The fourth-order valence-electron chi connectivity index (χ4n) is 2.69. The third kappa shape index (κ3) is 6.99. The molecule has 0 saturated carbocycles. The quantitative estimate of drug-likeness (QED) is 0.443. The molecule has 0 aromatic heterocycles. The number of nitrogens with one attached hydrogen (secondary N) is 3. The van der Waals surface area contributed by atoms with Crippen LogP contribution in [-0.4, -0.2) is 31.1 Å². The van der Waals surface area contributed by atoms with Crippen LogP contribution in [-0.2, 0) is 4.79 Å². The van der Waals surface area contributed by atoms with Gasteiger partial charge in [-0.1, -0.05) is 36.5 Å². The van der Waals surface area contributed by atoms with Gasteiger partial charge < -0.3 is 20.1 Å². The lowest BCUT2D eigenvalue weighted by Gasteiger charge is -2.15. The van der Waals surface area contributed by atoms with Crippen LogP contribution in [0.2, 0.25) is 10.0 Å². The number of hydrogen-bond donors (Lipinski definition) is 3. The summed E-state index contributed by atoms with van der Waals surface area (Å²) >= 11 is 17.3. The number of hydrogen-bond acceptors (Lipinski definition) is 5. The second-order valence-corrected chi connectivity index (χ2v) is 7.70. The molecule has 2 aromatic carbocycles. The molecule has 0 aliphatic carbocycles. The van der Waals surface area contributed by atoms with Crippen molar-refractivity contribution in [2.45, 2.75) is 26.2 Å². The Bertz CT molecular complexity index is 985. The Kier molecular flexibility index (Phi) is 9.36. The largest absolute Gasteiger partial charge is 0.494 e. The number of amides is 2. The van der Waals surface area contributed by atoms with Gasteiger partial charge in [-0.3, -0.25) is 14.9 Å². The van der Waals surface area contributed by atoms with Crippen molar-refractivity contribution in [3.05, 3.63) is 45.9 Å². The SMILES string of the molecule is CCCCC(=O)Nc1ccc(NC(=S)NC(=O)c2cc(Cl)cc(Cl)c2OC)cc1OC. The first-order chi connectivity index (χ1) is 14.8. The van der Waals surface area contributed by atoms with E-state index in [9.17, 15) is 9.59 Å². The zero-order valence-electron chi connectivity index (χ0n) is 17.3. The summed E-state index contributed by atoms with van der Waals surface area (Å²) in [4.78, 5) is 24.6. The van der Waals surface area contributed by atoms with Crippen LogP contribution in [0.5, 0.6) is 11.5 Å². The number of thiocarbonyl (C=S) groups is 1. The van der Waals surface area contributed by atoms with E-state index in [0.29, 0.717) is 23.5 Å². The van der Waals surface area contributed by atoms with Crippen molar-refractivity contribution in [3.63, 3.8) is 0 Å². The van der Waals surface area contributed by atoms with Crippen LogP contribution in [0.15, 0.2) is 30.3 Å². The Morgan fingerprint density at radius 1 is 1.06 bits per heavy atom. The van der Waals surface area contributed by atoms with E-state index in [4.69, 9.17) is 44.9 Å². The molecule has 10 heteroatoms. The number of benzene rings is 2. The molecule has 0 aliphatic heterocycles. The van der Waals surface area contributed by atoms with Crippen molar-refractivity contribution in [2.75, 3.05) is 24.9 Å². The lowest BCUT2D eigenvalue weighted by molar-refractivity contribution is -0.116. The monoisotopic (exact) mass is 483 g/mol. The van der Waals surface area contributed by atoms with Crippen LogP contribution in [0.4, 0.5) is 11.4 Å². The van der Waals surface area contributed by atoms with Crippen molar-refractivity contribution < 1.29 is 19.1 Å². The van der Waals surface area contributed by atoms with Crippen molar-refractivity contribution in [1.29, 1.82) is 0 Å². The van der Waals surface area contributed by atoms with Crippen LogP contribution in [0, 0.1) is 0 Å². The molecule has 0 radical (unpaired) electrons. The van der Waals surface area contributed by atoms with Crippen LogP contribution in [0.1, 0.15) is 36.5 Å². The molecule has 7 nitrogen and oxygen atoms in total. The maximum absolute atomic E-state index is 12.6. The molecule has 2 rings (SSSR count). The van der Waals surface area contributed by atoms with Gasteiger partial charge in [0.2, 0.25) is 5.91 Å². The van der Waals surface area contributed by atoms with Crippen molar-refractivity contribution in [3.8, 4) is 11.5 Å². The highest BCUT2D eigenvalue weighted by Gasteiger charge is 2.18. The lowest BCUT2D eigenvalue weighted by atomic mass is 10.2. The fourth-order valence-corrected chi connectivity index (χ4v) is 3.47. The molecule has 3 N–H and O–H groups in total. The van der Waals surface area contributed by atoms with Gasteiger partial charge in [0.15, 0.2) is 5.11 Å². The van der Waals surface area contributed by atoms with Gasteiger partial charge >= 0.3 is 0 Å². The summed E-state index contributed by atoms with van der Waals surface area (Å²) in [6, 6.07) is 7.96. The van der Waals surface area contributed by atoms with E-state index in [0.717, 1.165) is 12.8 Å². The zero-order chi connectivity index (χ0) is 23.0. The maximum Gasteiger partial charge on any atom is 0.261 e. The predicted molar refractivity (Wildman–Crippen MR) is 128 cm³/mol. The second-order valence-electron chi connectivity index (χ2n) is 6.44. The smallest absolute Gasteiger partial charge is 0.261 e. The molecule has 0 unspecified atom stereocenters. The molecule has 0 atom stereocenters. The lowest BCUT2D eigenvalue weighted by Crippen LogP contribution is -2.34. The van der Waals surface area contributed by atoms with E-state index < -0.39 is 5.91 Å². The van der Waals surface area contributed by atoms with Crippen molar-refractivity contribution >= 4 is 63.7 Å². The first-order valence-electron chi connectivity index (χ1n) is 9.42. The van der Waals surface area contributed by atoms with Gasteiger partial charge in [0.25, 0.3) is 5.91 Å².